The van der Waals surface area contributed by atoms with Crippen LogP contribution in [0.15, 0.2) is 41.9 Å². The maximum Gasteiger partial charge on any atom is 0.183 e. The third-order valence-electron chi connectivity index (χ3n) is 2.84. The number of para-hydroxylation sites is 1. The Morgan fingerprint density at radius 2 is 2.00 bits per heavy atom. The molecule has 4 heteroatoms. The van der Waals surface area contributed by atoms with Crippen molar-refractivity contribution in [2.75, 3.05) is 5.32 Å². The molecule has 0 radical (unpaired) electrons. The highest BCUT2D eigenvalue weighted by atomic mass is 32.1. The molecule has 1 aromatic carbocycles. The highest BCUT2D eigenvalue weighted by molar-refractivity contribution is 7.14. The molecule has 3 rings (SSSR count). The lowest BCUT2D eigenvalue weighted by Gasteiger charge is -2.05. The minimum Gasteiger partial charge on any atom is -0.359 e. The van der Waals surface area contributed by atoms with Crippen molar-refractivity contribution in [3.63, 3.8) is 0 Å². The molecule has 0 aliphatic carbocycles. The minimum atomic E-state index is 0.396. The number of fused-ring (bicyclic) bond motifs is 1. The van der Waals surface area contributed by atoms with Crippen LogP contribution in [0, 0.1) is 0 Å². The maximum absolute atomic E-state index is 4.65. The van der Waals surface area contributed by atoms with Crippen LogP contribution in [0.3, 0.4) is 0 Å². The van der Waals surface area contributed by atoms with Crippen LogP contribution in [0.5, 0.6) is 0 Å². The Morgan fingerprint density at radius 3 is 2.84 bits per heavy atom. The monoisotopic (exact) mass is 269 g/mol. The number of nitrogens with zero attached hydrogens (tertiary/aromatic N) is 2. The summed E-state index contributed by atoms with van der Waals surface area (Å²) in [7, 11) is 0. The van der Waals surface area contributed by atoms with Crippen LogP contribution in [-0.2, 0) is 0 Å². The van der Waals surface area contributed by atoms with E-state index in [9.17, 15) is 0 Å². The predicted octanol–water partition coefficient (Wildman–Crippen LogP) is 4.18. The van der Waals surface area contributed by atoms with Gasteiger partial charge in [0.25, 0.3) is 0 Å². The Kier molecular flexibility index (Phi) is 3.17. The first kappa shape index (κ1) is 12.1. The van der Waals surface area contributed by atoms with E-state index in [2.05, 4.69) is 40.6 Å². The molecule has 0 aliphatic rings. The number of thiazole rings is 1. The van der Waals surface area contributed by atoms with Crippen LogP contribution in [0.25, 0.3) is 22.2 Å². The van der Waals surface area contributed by atoms with Gasteiger partial charge in [0.05, 0.1) is 11.2 Å². The van der Waals surface area contributed by atoms with Gasteiger partial charge in [0.15, 0.2) is 5.13 Å². The largest absolute Gasteiger partial charge is 0.359 e. The molecule has 96 valence electrons. The smallest absolute Gasteiger partial charge is 0.183 e. The standard InChI is InChI=1S/C15H15N3S/c1-10(2)17-15-18-14(9-19-15)12-7-8-16-13-6-4-3-5-11(12)13/h3-10H,1-2H3,(H,17,18). The normalized spacial score (nSPS) is 11.1. The molecule has 0 spiro atoms. The number of aromatic nitrogens is 2. The second kappa shape index (κ2) is 4.97. The van der Waals surface area contributed by atoms with E-state index in [0.717, 1.165) is 27.3 Å². The summed E-state index contributed by atoms with van der Waals surface area (Å²) in [5.74, 6) is 0. The molecule has 0 bridgehead atoms. The van der Waals surface area contributed by atoms with Crippen molar-refractivity contribution >= 4 is 27.4 Å². The average molecular weight is 269 g/mol. The zero-order valence-electron chi connectivity index (χ0n) is 10.9. The van der Waals surface area contributed by atoms with Crippen LogP contribution in [0.1, 0.15) is 13.8 Å². The molecule has 3 aromatic rings. The molecule has 0 fully saturated rings. The molecule has 3 nitrogen and oxygen atoms in total. The third kappa shape index (κ3) is 2.44. The van der Waals surface area contributed by atoms with Crippen molar-refractivity contribution in [2.24, 2.45) is 0 Å². The average Bonchev–Trinajstić information content (AvgIpc) is 2.85. The first-order valence-corrected chi connectivity index (χ1v) is 7.18. The van der Waals surface area contributed by atoms with E-state index in [-0.39, 0.29) is 0 Å². The van der Waals surface area contributed by atoms with Crippen molar-refractivity contribution in [3.05, 3.63) is 41.9 Å². The summed E-state index contributed by atoms with van der Waals surface area (Å²) in [5.41, 5.74) is 3.15. The molecule has 0 unspecified atom stereocenters. The lowest BCUT2D eigenvalue weighted by Crippen LogP contribution is -2.08. The van der Waals surface area contributed by atoms with Gasteiger partial charge in [-0.3, -0.25) is 4.98 Å². The lowest BCUT2D eigenvalue weighted by atomic mass is 10.1. The number of rotatable bonds is 3. The Morgan fingerprint density at radius 1 is 1.16 bits per heavy atom. The summed E-state index contributed by atoms with van der Waals surface area (Å²) in [6.45, 7) is 4.23. The van der Waals surface area contributed by atoms with E-state index in [1.54, 1.807) is 11.3 Å². The molecular weight excluding hydrogens is 254 g/mol. The van der Waals surface area contributed by atoms with Crippen molar-refractivity contribution in [1.29, 1.82) is 0 Å². The minimum absolute atomic E-state index is 0.396. The highest BCUT2D eigenvalue weighted by Gasteiger charge is 2.08. The van der Waals surface area contributed by atoms with Crippen molar-refractivity contribution in [3.8, 4) is 11.3 Å². The summed E-state index contributed by atoms with van der Waals surface area (Å²) in [6, 6.07) is 10.6. The SMILES string of the molecule is CC(C)Nc1nc(-c2ccnc3ccccc23)cs1. The zero-order valence-corrected chi connectivity index (χ0v) is 11.7. The molecule has 0 atom stereocenters. The van der Waals surface area contributed by atoms with Gasteiger partial charge in [-0.25, -0.2) is 4.98 Å². The van der Waals surface area contributed by atoms with Gasteiger partial charge in [0.1, 0.15) is 0 Å². The molecule has 0 saturated heterocycles. The fourth-order valence-electron chi connectivity index (χ4n) is 2.03. The first-order valence-electron chi connectivity index (χ1n) is 6.30. The van der Waals surface area contributed by atoms with Crippen LogP contribution >= 0.6 is 11.3 Å². The molecule has 19 heavy (non-hydrogen) atoms. The van der Waals surface area contributed by atoms with Crippen molar-refractivity contribution in [2.45, 2.75) is 19.9 Å². The summed E-state index contributed by atoms with van der Waals surface area (Å²) < 4.78 is 0. The number of hydrogen-bond donors (Lipinski definition) is 1. The number of pyridine rings is 1. The Balaban J connectivity index is 2.06. The predicted molar refractivity (Wildman–Crippen MR) is 81.6 cm³/mol. The summed E-state index contributed by atoms with van der Waals surface area (Å²) in [6.07, 6.45) is 1.84. The van der Waals surface area contributed by atoms with Gasteiger partial charge in [0, 0.05) is 28.6 Å². The molecule has 0 amide bonds. The van der Waals surface area contributed by atoms with E-state index in [1.165, 1.54) is 0 Å². The Hall–Kier alpha value is -1.94. The fourth-order valence-corrected chi connectivity index (χ4v) is 2.89. The topological polar surface area (TPSA) is 37.8 Å². The maximum atomic E-state index is 4.65. The third-order valence-corrected chi connectivity index (χ3v) is 3.61. The number of anilines is 1. The summed E-state index contributed by atoms with van der Waals surface area (Å²) in [5, 5.41) is 7.53. The molecule has 0 aliphatic heterocycles. The number of benzene rings is 1. The Labute approximate surface area is 116 Å². The molecule has 1 N–H and O–H groups in total. The molecule has 0 saturated carbocycles. The van der Waals surface area contributed by atoms with Gasteiger partial charge >= 0.3 is 0 Å². The van der Waals surface area contributed by atoms with E-state index in [1.807, 2.05) is 30.5 Å². The molecule has 2 aromatic heterocycles. The van der Waals surface area contributed by atoms with Gasteiger partial charge in [0.2, 0.25) is 0 Å². The van der Waals surface area contributed by atoms with Crippen LogP contribution < -0.4 is 5.32 Å². The number of hydrogen-bond acceptors (Lipinski definition) is 4. The molecular formula is C15H15N3S. The van der Waals surface area contributed by atoms with Crippen LogP contribution in [0.4, 0.5) is 5.13 Å². The second-order valence-electron chi connectivity index (χ2n) is 4.71. The Bertz CT molecular complexity index is 698. The van der Waals surface area contributed by atoms with Gasteiger partial charge in [-0.05, 0) is 26.0 Å². The van der Waals surface area contributed by atoms with E-state index < -0.39 is 0 Å². The van der Waals surface area contributed by atoms with E-state index in [0.29, 0.717) is 6.04 Å². The first-order chi connectivity index (χ1) is 9.24. The van der Waals surface area contributed by atoms with Crippen molar-refractivity contribution in [1.82, 2.24) is 9.97 Å². The van der Waals surface area contributed by atoms with Crippen LogP contribution in [-0.4, -0.2) is 16.0 Å². The lowest BCUT2D eigenvalue weighted by molar-refractivity contribution is 0.897. The molecule has 2 heterocycles. The summed E-state index contributed by atoms with van der Waals surface area (Å²) in [4.78, 5) is 9.03. The number of nitrogens with one attached hydrogen (secondary N) is 1. The van der Waals surface area contributed by atoms with Gasteiger partial charge in [-0.2, -0.15) is 0 Å². The summed E-state index contributed by atoms with van der Waals surface area (Å²) >= 11 is 1.64. The quantitative estimate of drug-likeness (QED) is 0.775. The second-order valence-corrected chi connectivity index (χ2v) is 5.57. The zero-order chi connectivity index (χ0) is 13.2. The fraction of sp³-hybridized carbons (Fsp3) is 0.200. The van der Waals surface area contributed by atoms with Gasteiger partial charge in [-0.15, -0.1) is 11.3 Å². The van der Waals surface area contributed by atoms with Crippen LogP contribution in [0.2, 0.25) is 0 Å². The van der Waals surface area contributed by atoms with Gasteiger partial charge < -0.3 is 5.32 Å². The van der Waals surface area contributed by atoms with E-state index >= 15 is 0 Å². The van der Waals surface area contributed by atoms with Gasteiger partial charge in [-0.1, -0.05) is 18.2 Å². The van der Waals surface area contributed by atoms with E-state index in [4.69, 9.17) is 0 Å². The highest BCUT2D eigenvalue weighted by Crippen LogP contribution is 2.30. The van der Waals surface area contributed by atoms with Crippen molar-refractivity contribution < 1.29 is 0 Å².